The molecule has 2 N–H and O–H groups in total. The van der Waals surface area contributed by atoms with Crippen LogP contribution in [0.5, 0.6) is 0 Å². The summed E-state index contributed by atoms with van der Waals surface area (Å²) in [6.07, 6.45) is 0. The molecule has 2 aromatic rings. The number of nitrogens with one attached hydrogen (secondary N) is 2. The van der Waals surface area contributed by atoms with Gasteiger partial charge in [-0.05, 0) is 42.6 Å². The highest BCUT2D eigenvalue weighted by Gasteiger charge is 2.11. The fourth-order valence-electron chi connectivity index (χ4n) is 1.83. The first-order valence-corrected chi connectivity index (χ1v) is 8.22. The third-order valence-corrected chi connectivity index (χ3v) is 3.95. The number of carbonyl (C=O) groups is 4. The molecule has 0 unspecified atom stereocenters. The second kappa shape index (κ2) is 8.74. The molecule has 0 spiro atoms. The van der Waals surface area contributed by atoms with Gasteiger partial charge in [0.1, 0.15) is 6.54 Å². The van der Waals surface area contributed by atoms with E-state index in [4.69, 9.17) is 4.74 Å². The lowest BCUT2D eigenvalue weighted by Crippen LogP contribution is -2.31. The molecule has 0 saturated heterocycles. The summed E-state index contributed by atoms with van der Waals surface area (Å²) in [4.78, 5) is 46.6. The average Bonchev–Trinajstić information content (AvgIpc) is 3.13. The van der Waals surface area contributed by atoms with Gasteiger partial charge in [-0.3, -0.25) is 19.2 Å². The number of esters is 1. The van der Waals surface area contributed by atoms with Gasteiger partial charge < -0.3 is 15.4 Å². The van der Waals surface area contributed by atoms with Gasteiger partial charge in [-0.2, -0.15) is 0 Å². The summed E-state index contributed by atoms with van der Waals surface area (Å²) in [6.45, 7) is 0.657. The molecule has 0 saturated carbocycles. The number of rotatable bonds is 7. The number of anilines is 1. The smallest absolute Gasteiger partial charge is 0.325 e. The maximum atomic E-state index is 11.7. The van der Waals surface area contributed by atoms with E-state index in [1.54, 1.807) is 41.8 Å². The summed E-state index contributed by atoms with van der Waals surface area (Å²) in [5.74, 6) is -1.68. The Labute approximate surface area is 148 Å². The highest BCUT2D eigenvalue weighted by atomic mass is 32.1. The van der Waals surface area contributed by atoms with Gasteiger partial charge in [0.2, 0.25) is 0 Å². The number of thiophene rings is 1. The first-order chi connectivity index (χ1) is 12.0. The normalized spacial score (nSPS) is 9.96. The molecule has 1 aromatic carbocycles. The average molecular weight is 360 g/mol. The van der Waals surface area contributed by atoms with Gasteiger partial charge in [-0.25, -0.2) is 0 Å². The van der Waals surface area contributed by atoms with E-state index >= 15 is 0 Å². The van der Waals surface area contributed by atoms with Crippen molar-refractivity contribution in [3.05, 3.63) is 52.2 Å². The third-order valence-electron chi connectivity index (χ3n) is 3.08. The highest BCUT2D eigenvalue weighted by Crippen LogP contribution is 2.10. The van der Waals surface area contributed by atoms with Gasteiger partial charge in [-0.1, -0.05) is 6.07 Å². The Hall–Kier alpha value is -3.00. The minimum Gasteiger partial charge on any atom is -0.454 e. The van der Waals surface area contributed by atoms with Gasteiger partial charge in [0.05, 0.1) is 4.88 Å². The van der Waals surface area contributed by atoms with E-state index < -0.39 is 18.5 Å². The van der Waals surface area contributed by atoms with Crippen molar-refractivity contribution >= 4 is 40.6 Å². The maximum Gasteiger partial charge on any atom is 0.325 e. The van der Waals surface area contributed by atoms with Crippen molar-refractivity contribution in [1.82, 2.24) is 5.32 Å². The van der Waals surface area contributed by atoms with Gasteiger partial charge in [0.25, 0.3) is 11.8 Å². The molecule has 7 nitrogen and oxygen atoms in total. The number of ketones is 1. The van der Waals surface area contributed by atoms with Gasteiger partial charge in [0, 0.05) is 11.3 Å². The Kier molecular flexibility index (Phi) is 6.41. The Morgan fingerprint density at radius 1 is 1.08 bits per heavy atom. The fraction of sp³-hybridized carbons (Fsp3) is 0.176. The Bertz CT molecular complexity index is 769. The number of carbonyl (C=O) groups excluding carboxylic acids is 4. The summed E-state index contributed by atoms with van der Waals surface area (Å²) in [5.41, 5.74) is 1.02. The monoisotopic (exact) mass is 360 g/mol. The minimum atomic E-state index is -0.716. The minimum absolute atomic E-state index is 0.0728. The van der Waals surface area contributed by atoms with E-state index in [0.717, 1.165) is 0 Å². The van der Waals surface area contributed by atoms with Crippen LogP contribution in [0.2, 0.25) is 0 Å². The quantitative estimate of drug-likeness (QED) is 0.580. The number of Topliss-reactive ketones (excluding diaryl/α,β-unsaturated/α-hetero) is 1. The fourth-order valence-corrected chi connectivity index (χ4v) is 2.47. The van der Waals surface area contributed by atoms with E-state index in [-0.39, 0.29) is 18.2 Å². The van der Waals surface area contributed by atoms with Crippen molar-refractivity contribution in [3.63, 3.8) is 0 Å². The zero-order chi connectivity index (χ0) is 18.2. The lowest BCUT2D eigenvalue weighted by molar-refractivity contribution is -0.146. The molecule has 0 aliphatic heterocycles. The van der Waals surface area contributed by atoms with Crippen molar-refractivity contribution in [3.8, 4) is 0 Å². The molecule has 0 radical (unpaired) electrons. The molecule has 25 heavy (non-hydrogen) atoms. The second-order valence-corrected chi connectivity index (χ2v) is 5.95. The SMILES string of the molecule is CC(=O)c1ccc(NC(=O)COC(=O)CNC(=O)c2cccs2)cc1. The molecule has 0 bridgehead atoms. The topological polar surface area (TPSA) is 102 Å². The van der Waals surface area contributed by atoms with Crippen LogP contribution in [-0.2, 0) is 14.3 Å². The summed E-state index contributed by atoms with van der Waals surface area (Å²) >= 11 is 1.26. The third kappa shape index (κ3) is 5.85. The first kappa shape index (κ1) is 18.3. The van der Waals surface area contributed by atoms with E-state index in [0.29, 0.717) is 16.1 Å². The van der Waals surface area contributed by atoms with Gasteiger partial charge in [-0.15, -0.1) is 11.3 Å². The van der Waals surface area contributed by atoms with Crippen LogP contribution >= 0.6 is 11.3 Å². The number of benzene rings is 1. The lowest BCUT2D eigenvalue weighted by atomic mass is 10.1. The van der Waals surface area contributed by atoms with E-state index in [2.05, 4.69) is 10.6 Å². The molecule has 130 valence electrons. The van der Waals surface area contributed by atoms with Crippen molar-refractivity contribution in [2.75, 3.05) is 18.5 Å². The van der Waals surface area contributed by atoms with E-state index in [1.807, 2.05) is 0 Å². The van der Waals surface area contributed by atoms with Crippen LogP contribution in [0.1, 0.15) is 27.0 Å². The van der Waals surface area contributed by atoms with E-state index in [9.17, 15) is 19.2 Å². The van der Waals surface area contributed by atoms with Crippen LogP contribution < -0.4 is 10.6 Å². The van der Waals surface area contributed by atoms with Crippen LogP contribution in [0.15, 0.2) is 41.8 Å². The predicted octanol–water partition coefficient (Wildman–Crippen LogP) is 1.86. The molecule has 0 aliphatic carbocycles. The molecular formula is C17H16N2O5S. The number of hydrogen-bond donors (Lipinski definition) is 2. The standard InChI is InChI=1S/C17H16N2O5S/c1-11(20)12-4-6-13(7-5-12)19-15(21)10-24-16(22)9-18-17(23)14-3-2-8-25-14/h2-8H,9-10H2,1H3,(H,18,23)(H,19,21). The maximum absolute atomic E-state index is 11.7. The van der Waals surface area contributed by atoms with Crippen LogP contribution in [0.3, 0.4) is 0 Å². The number of hydrogen-bond acceptors (Lipinski definition) is 6. The summed E-state index contributed by atoms with van der Waals surface area (Å²) in [5, 5.41) is 6.70. The number of ether oxygens (including phenoxy) is 1. The lowest BCUT2D eigenvalue weighted by Gasteiger charge is -2.07. The Morgan fingerprint density at radius 3 is 2.40 bits per heavy atom. The second-order valence-electron chi connectivity index (χ2n) is 5.00. The molecule has 8 heteroatoms. The van der Waals surface area contributed by atoms with Crippen LogP contribution in [0.4, 0.5) is 5.69 Å². The van der Waals surface area contributed by atoms with Crippen LogP contribution in [0.25, 0.3) is 0 Å². The van der Waals surface area contributed by atoms with Crippen LogP contribution in [0, 0.1) is 0 Å². The molecular weight excluding hydrogens is 344 g/mol. The van der Waals surface area contributed by atoms with Gasteiger partial charge >= 0.3 is 5.97 Å². The van der Waals surface area contributed by atoms with E-state index in [1.165, 1.54) is 18.3 Å². The molecule has 2 rings (SSSR count). The number of amides is 2. The Morgan fingerprint density at radius 2 is 1.80 bits per heavy atom. The van der Waals surface area contributed by atoms with Crippen LogP contribution in [-0.4, -0.2) is 36.7 Å². The molecule has 2 amide bonds. The largest absolute Gasteiger partial charge is 0.454 e. The molecule has 0 aliphatic rings. The summed E-state index contributed by atoms with van der Waals surface area (Å²) in [7, 11) is 0. The predicted molar refractivity (Wildman–Crippen MR) is 92.7 cm³/mol. The molecule has 0 atom stereocenters. The van der Waals surface area contributed by atoms with Crippen molar-refractivity contribution in [2.45, 2.75) is 6.92 Å². The molecule has 1 heterocycles. The van der Waals surface area contributed by atoms with Crippen molar-refractivity contribution < 1.29 is 23.9 Å². The van der Waals surface area contributed by atoms with Gasteiger partial charge in [0.15, 0.2) is 12.4 Å². The zero-order valence-corrected chi connectivity index (χ0v) is 14.2. The zero-order valence-electron chi connectivity index (χ0n) is 13.4. The summed E-state index contributed by atoms with van der Waals surface area (Å²) < 4.78 is 4.79. The molecule has 1 aromatic heterocycles. The van der Waals surface area contributed by atoms with Crippen molar-refractivity contribution in [2.24, 2.45) is 0 Å². The highest BCUT2D eigenvalue weighted by molar-refractivity contribution is 7.12. The van der Waals surface area contributed by atoms with Crippen molar-refractivity contribution in [1.29, 1.82) is 0 Å². The Balaban J connectivity index is 1.71. The molecule has 0 fully saturated rings. The summed E-state index contributed by atoms with van der Waals surface area (Å²) in [6, 6.07) is 9.70. The first-order valence-electron chi connectivity index (χ1n) is 7.34.